The number of anilines is 2. The summed E-state index contributed by atoms with van der Waals surface area (Å²) in [4.78, 5) is 17.0. The molecule has 0 atom stereocenters. The van der Waals surface area contributed by atoms with Crippen LogP contribution in [0.2, 0.25) is 0 Å². The van der Waals surface area contributed by atoms with Gasteiger partial charge in [0.05, 0.1) is 13.7 Å². The Morgan fingerprint density at radius 3 is 2.46 bits per heavy atom. The summed E-state index contributed by atoms with van der Waals surface area (Å²) in [6.45, 7) is 4.02. The summed E-state index contributed by atoms with van der Waals surface area (Å²) in [7, 11) is 1.67. The minimum Gasteiger partial charge on any atom is -0.497 e. The molecule has 1 saturated heterocycles. The van der Waals surface area contributed by atoms with E-state index in [1.165, 1.54) is 22.4 Å². The third-order valence-corrected chi connectivity index (χ3v) is 6.79. The molecule has 1 aliphatic rings. The lowest BCUT2D eigenvalue weighted by Gasteiger charge is -2.35. The first-order valence-corrected chi connectivity index (χ1v) is 12.3. The zero-order valence-corrected chi connectivity index (χ0v) is 20.3. The first-order valence-electron chi connectivity index (χ1n) is 11.5. The molecule has 4 aromatic rings. The number of amides is 1. The van der Waals surface area contributed by atoms with Crippen molar-refractivity contribution in [1.29, 1.82) is 0 Å². The Morgan fingerprint density at radius 1 is 0.943 bits per heavy atom. The van der Waals surface area contributed by atoms with Crippen LogP contribution in [-0.4, -0.2) is 60.8 Å². The van der Waals surface area contributed by atoms with Gasteiger partial charge < -0.3 is 14.4 Å². The fraction of sp³-hybridized carbons (Fsp3) is 0.269. The number of fused-ring (bicyclic) bond motifs is 1. The highest BCUT2D eigenvalue weighted by Gasteiger charge is 2.20. The Hall–Kier alpha value is -3.69. The standard InChI is InChI=1S/C26H27N5O3S/c1-33-22-10-7-21(8-11-22)31-14-12-30(13-15-31)17-24(32)27-26-29-28-25(35-26)18-34-23-9-6-19-4-2-3-5-20(19)16-23/h2-11,16H,12-15,17-18H2,1H3,(H,27,29,32). The largest absolute Gasteiger partial charge is 0.497 e. The minimum atomic E-state index is -0.0824. The van der Waals surface area contributed by atoms with Gasteiger partial charge in [-0.25, -0.2) is 0 Å². The summed E-state index contributed by atoms with van der Waals surface area (Å²) in [6, 6.07) is 22.2. The van der Waals surface area contributed by atoms with Crippen LogP contribution in [0.4, 0.5) is 10.8 Å². The highest BCUT2D eigenvalue weighted by molar-refractivity contribution is 7.15. The summed E-state index contributed by atoms with van der Waals surface area (Å²) in [5.41, 5.74) is 1.17. The second kappa shape index (κ2) is 10.7. The van der Waals surface area contributed by atoms with Gasteiger partial charge in [0.2, 0.25) is 11.0 Å². The van der Waals surface area contributed by atoms with Crippen LogP contribution in [0, 0.1) is 0 Å². The van der Waals surface area contributed by atoms with Crippen LogP contribution < -0.4 is 19.7 Å². The van der Waals surface area contributed by atoms with E-state index in [0.717, 1.165) is 43.1 Å². The molecule has 2 heterocycles. The first-order chi connectivity index (χ1) is 17.2. The van der Waals surface area contributed by atoms with E-state index >= 15 is 0 Å². The molecule has 0 saturated carbocycles. The molecule has 3 aromatic carbocycles. The topological polar surface area (TPSA) is 79.8 Å². The quantitative estimate of drug-likeness (QED) is 0.400. The number of hydrogen-bond acceptors (Lipinski definition) is 8. The van der Waals surface area contributed by atoms with Crippen molar-refractivity contribution in [2.45, 2.75) is 6.61 Å². The number of carbonyl (C=O) groups excluding carboxylic acids is 1. The van der Waals surface area contributed by atoms with Crippen molar-refractivity contribution in [2.75, 3.05) is 50.1 Å². The van der Waals surface area contributed by atoms with Gasteiger partial charge in [-0.3, -0.25) is 15.0 Å². The first kappa shape index (κ1) is 23.1. The maximum absolute atomic E-state index is 12.5. The number of carbonyl (C=O) groups is 1. The lowest BCUT2D eigenvalue weighted by atomic mass is 10.1. The number of nitrogens with zero attached hydrogens (tertiary/aromatic N) is 4. The molecular weight excluding hydrogens is 462 g/mol. The maximum Gasteiger partial charge on any atom is 0.240 e. The monoisotopic (exact) mass is 489 g/mol. The highest BCUT2D eigenvalue weighted by Crippen LogP contribution is 2.23. The number of rotatable bonds is 8. The molecule has 1 aliphatic heterocycles. The van der Waals surface area contributed by atoms with Crippen molar-refractivity contribution in [2.24, 2.45) is 0 Å². The molecule has 0 aliphatic carbocycles. The zero-order valence-electron chi connectivity index (χ0n) is 19.5. The molecule has 0 unspecified atom stereocenters. The van der Waals surface area contributed by atoms with Gasteiger partial charge in [0.25, 0.3) is 0 Å². The molecule has 0 bridgehead atoms. The molecule has 180 valence electrons. The molecular formula is C26H27N5O3S. The summed E-state index contributed by atoms with van der Waals surface area (Å²) in [5, 5.41) is 14.6. The van der Waals surface area contributed by atoms with E-state index in [0.29, 0.717) is 23.3 Å². The van der Waals surface area contributed by atoms with Crippen LogP contribution >= 0.6 is 11.3 Å². The number of piperazine rings is 1. The third kappa shape index (κ3) is 5.87. The average molecular weight is 490 g/mol. The number of methoxy groups -OCH3 is 1. The van der Waals surface area contributed by atoms with Crippen molar-refractivity contribution in [3.63, 3.8) is 0 Å². The van der Waals surface area contributed by atoms with Crippen LogP contribution in [-0.2, 0) is 11.4 Å². The normalized spacial score (nSPS) is 14.1. The molecule has 5 rings (SSSR count). The molecule has 9 heteroatoms. The van der Waals surface area contributed by atoms with Crippen molar-refractivity contribution >= 4 is 38.8 Å². The Labute approximate surface area is 208 Å². The van der Waals surface area contributed by atoms with Crippen molar-refractivity contribution in [1.82, 2.24) is 15.1 Å². The van der Waals surface area contributed by atoms with Crippen LogP contribution in [0.3, 0.4) is 0 Å². The van der Waals surface area contributed by atoms with E-state index in [9.17, 15) is 4.79 Å². The lowest BCUT2D eigenvalue weighted by Crippen LogP contribution is -2.48. The van der Waals surface area contributed by atoms with Gasteiger partial charge in [-0.05, 0) is 47.2 Å². The SMILES string of the molecule is COc1ccc(N2CCN(CC(=O)Nc3nnc(COc4ccc5ccccc5c4)s3)CC2)cc1. The molecule has 1 aromatic heterocycles. The van der Waals surface area contributed by atoms with Gasteiger partial charge in [0, 0.05) is 31.9 Å². The number of aromatic nitrogens is 2. The van der Waals surface area contributed by atoms with Crippen LogP contribution in [0.1, 0.15) is 5.01 Å². The predicted molar refractivity (Wildman–Crippen MR) is 138 cm³/mol. The van der Waals surface area contributed by atoms with Crippen molar-refractivity contribution in [3.8, 4) is 11.5 Å². The van der Waals surface area contributed by atoms with Crippen molar-refractivity contribution in [3.05, 3.63) is 71.7 Å². The van der Waals surface area contributed by atoms with E-state index in [1.807, 2.05) is 42.5 Å². The van der Waals surface area contributed by atoms with E-state index in [4.69, 9.17) is 9.47 Å². The fourth-order valence-corrected chi connectivity index (χ4v) is 4.75. The van der Waals surface area contributed by atoms with Crippen molar-refractivity contribution < 1.29 is 14.3 Å². The Bertz CT molecular complexity index is 1290. The van der Waals surface area contributed by atoms with Gasteiger partial charge in [-0.1, -0.05) is 41.7 Å². The summed E-state index contributed by atoms with van der Waals surface area (Å²) in [6.07, 6.45) is 0. The third-order valence-electron chi connectivity index (χ3n) is 5.97. The van der Waals surface area contributed by atoms with Crippen LogP contribution in [0.25, 0.3) is 10.8 Å². The lowest BCUT2D eigenvalue weighted by molar-refractivity contribution is -0.117. The van der Waals surface area contributed by atoms with Gasteiger partial charge in [0.1, 0.15) is 18.1 Å². The average Bonchev–Trinajstić information content (AvgIpc) is 3.35. The van der Waals surface area contributed by atoms with E-state index in [1.54, 1.807) is 7.11 Å². The minimum absolute atomic E-state index is 0.0824. The summed E-state index contributed by atoms with van der Waals surface area (Å²) < 4.78 is 11.1. The molecule has 8 nitrogen and oxygen atoms in total. The molecule has 1 fully saturated rings. The number of benzene rings is 3. The summed E-state index contributed by atoms with van der Waals surface area (Å²) in [5.74, 6) is 1.54. The Kier molecular flexibility index (Phi) is 7.06. The second-order valence-corrected chi connectivity index (χ2v) is 9.37. The highest BCUT2D eigenvalue weighted by atomic mass is 32.1. The van der Waals surface area contributed by atoms with Crippen LogP contribution in [0.15, 0.2) is 66.7 Å². The number of ether oxygens (including phenoxy) is 2. The smallest absolute Gasteiger partial charge is 0.240 e. The Balaban J connectivity index is 1.07. The number of hydrogen-bond donors (Lipinski definition) is 1. The molecule has 1 amide bonds. The van der Waals surface area contributed by atoms with Gasteiger partial charge >= 0.3 is 0 Å². The summed E-state index contributed by atoms with van der Waals surface area (Å²) >= 11 is 1.33. The van der Waals surface area contributed by atoms with E-state index < -0.39 is 0 Å². The zero-order chi connectivity index (χ0) is 24.0. The van der Waals surface area contributed by atoms with Gasteiger partial charge in [-0.2, -0.15) is 0 Å². The predicted octanol–water partition coefficient (Wildman–Crippen LogP) is 4.04. The second-order valence-electron chi connectivity index (χ2n) is 8.31. The molecule has 0 spiro atoms. The van der Waals surface area contributed by atoms with Gasteiger partial charge in [-0.15, -0.1) is 10.2 Å². The molecule has 35 heavy (non-hydrogen) atoms. The molecule has 1 N–H and O–H groups in total. The Morgan fingerprint density at radius 2 is 1.69 bits per heavy atom. The van der Waals surface area contributed by atoms with E-state index in [2.05, 4.69) is 49.6 Å². The van der Waals surface area contributed by atoms with Gasteiger partial charge in [0.15, 0.2) is 5.01 Å². The number of nitrogens with one attached hydrogen (secondary N) is 1. The maximum atomic E-state index is 12.5. The molecule has 0 radical (unpaired) electrons. The van der Waals surface area contributed by atoms with E-state index in [-0.39, 0.29) is 5.91 Å². The fourth-order valence-electron chi connectivity index (χ4n) is 4.08. The van der Waals surface area contributed by atoms with Crippen LogP contribution in [0.5, 0.6) is 11.5 Å².